The Hall–Kier alpha value is -1.29. The number of aliphatic hydroxyl groups is 1. The topological polar surface area (TPSA) is 62.4 Å². The van der Waals surface area contributed by atoms with Crippen molar-refractivity contribution in [3.8, 4) is 0 Å². The molecule has 0 aliphatic rings. The summed E-state index contributed by atoms with van der Waals surface area (Å²) in [5, 5.41) is 9.76. The van der Waals surface area contributed by atoms with Gasteiger partial charge in [0.05, 0.1) is 5.60 Å². The molecule has 0 fully saturated rings. The molecule has 1 rings (SSSR count). The van der Waals surface area contributed by atoms with Gasteiger partial charge in [-0.2, -0.15) is 0 Å². The third kappa shape index (κ3) is 3.75. The Balaban J connectivity index is 2.83. The quantitative estimate of drug-likeness (QED) is 0.783. The fourth-order valence-corrected chi connectivity index (χ4v) is 1.49. The first-order valence-corrected chi connectivity index (χ1v) is 5.11. The van der Waals surface area contributed by atoms with Crippen molar-refractivity contribution in [1.29, 1.82) is 0 Å². The minimum Gasteiger partial charge on any atom is -0.389 e. The van der Waals surface area contributed by atoms with Gasteiger partial charge >= 0.3 is 0 Å². The van der Waals surface area contributed by atoms with Crippen LogP contribution in [0.3, 0.4) is 0 Å². The van der Waals surface area contributed by atoms with Gasteiger partial charge in [0.2, 0.25) is 0 Å². The van der Waals surface area contributed by atoms with Gasteiger partial charge in [-0.05, 0) is 26.8 Å². The van der Waals surface area contributed by atoms with E-state index in [1.807, 2.05) is 19.1 Å². The van der Waals surface area contributed by atoms with Crippen molar-refractivity contribution < 1.29 is 5.11 Å². The second-order valence-corrected chi connectivity index (χ2v) is 4.27. The molecule has 1 aromatic heterocycles. The predicted molar refractivity (Wildman–Crippen MR) is 62.8 cm³/mol. The molecule has 0 saturated heterocycles. The van der Waals surface area contributed by atoms with Gasteiger partial charge in [-0.3, -0.25) is 0 Å². The summed E-state index contributed by atoms with van der Waals surface area (Å²) in [4.78, 5) is 6.01. The Morgan fingerprint density at radius 2 is 2.20 bits per heavy atom. The molecule has 0 spiro atoms. The van der Waals surface area contributed by atoms with Crippen LogP contribution in [0.4, 0.5) is 11.5 Å². The Morgan fingerprint density at radius 3 is 2.67 bits per heavy atom. The molecule has 4 heteroatoms. The number of pyridine rings is 1. The monoisotopic (exact) mass is 209 g/mol. The number of nitrogens with zero attached hydrogens (tertiary/aromatic N) is 2. The Kier molecular flexibility index (Phi) is 3.52. The van der Waals surface area contributed by atoms with E-state index in [-0.39, 0.29) is 0 Å². The Morgan fingerprint density at radius 1 is 1.53 bits per heavy atom. The molecule has 0 atom stereocenters. The Bertz CT molecular complexity index is 320. The van der Waals surface area contributed by atoms with Gasteiger partial charge in [-0.15, -0.1) is 0 Å². The molecule has 84 valence electrons. The van der Waals surface area contributed by atoms with E-state index >= 15 is 0 Å². The maximum absolute atomic E-state index is 9.76. The molecule has 0 saturated carbocycles. The SMILES string of the molecule is CCN(CC(C)(C)O)c1ccnc(N)c1. The molecule has 4 nitrogen and oxygen atoms in total. The lowest BCUT2D eigenvalue weighted by Crippen LogP contribution is -2.38. The van der Waals surface area contributed by atoms with E-state index in [0.717, 1.165) is 12.2 Å². The van der Waals surface area contributed by atoms with Crippen molar-refractivity contribution in [2.45, 2.75) is 26.4 Å². The highest BCUT2D eigenvalue weighted by atomic mass is 16.3. The second kappa shape index (κ2) is 4.49. The third-order valence-electron chi connectivity index (χ3n) is 2.09. The van der Waals surface area contributed by atoms with Gasteiger partial charge in [0.1, 0.15) is 5.82 Å². The average molecular weight is 209 g/mol. The van der Waals surface area contributed by atoms with Crippen LogP contribution in [-0.2, 0) is 0 Å². The summed E-state index contributed by atoms with van der Waals surface area (Å²) in [5.74, 6) is 0.502. The lowest BCUT2D eigenvalue weighted by molar-refractivity contribution is 0.0876. The zero-order valence-corrected chi connectivity index (χ0v) is 9.57. The van der Waals surface area contributed by atoms with Gasteiger partial charge in [0.25, 0.3) is 0 Å². The minimum atomic E-state index is -0.714. The van der Waals surface area contributed by atoms with E-state index in [9.17, 15) is 5.11 Å². The lowest BCUT2D eigenvalue weighted by atomic mass is 10.1. The van der Waals surface area contributed by atoms with Crippen molar-refractivity contribution >= 4 is 11.5 Å². The highest BCUT2D eigenvalue weighted by Crippen LogP contribution is 2.17. The summed E-state index contributed by atoms with van der Waals surface area (Å²) in [7, 11) is 0. The normalized spacial score (nSPS) is 11.5. The first kappa shape index (κ1) is 11.8. The molecule has 0 bridgehead atoms. The van der Waals surface area contributed by atoms with Gasteiger partial charge < -0.3 is 15.7 Å². The molecule has 1 heterocycles. The predicted octanol–water partition coefficient (Wildman–Crippen LogP) is 1.26. The van der Waals surface area contributed by atoms with Gasteiger partial charge in [0, 0.05) is 31.0 Å². The van der Waals surface area contributed by atoms with Gasteiger partial charge in [0.15, 0.2) is 0 Å². The third-order valence-corrected chi connectivity index (χ3v) is 2.09. The summed E-state index contributed by atoms with van der Waals surface area (Å²) in [5.41, 5.74) is 5.89. The molecule has 1 aromatic rings. The van der Waals surface area contributed by atoms with Crippen LogP contribution in [0.25, 0.3) is 0 Å². The van der Waals surface area contributed by atoms with Crippen LogP contribution in [-0.4, -0.2) is 28.8 Å². The molecule has 15 heavy (non-hydrogen) atoms. The molecular weight excluding hydrogens is 190 g/mol. The van der Waals surface area contributed by atoms with E-state index in [1.54, 1.807) is 20.0 Å². The molecule has 0 aliphatic carbocycles. The van der Waals surface area contributed by atoms with E-state index in [1.165, 1.54) is 0 Å². The largest absolute Gasteiger partial charge is 0.389 e. The molecular formula is C11H19N3O. The van der Waals surface area contributed by atoms with Gasteiger partial charge in [-0.25, -0.2) is 4.98 Å². The molecule has 0 aromatic carbocycles. The number of hydrogen-bond acceptors (Lipinski definition) is 4. The van der Waals surface area contributed by atoms with Crippen molar-refractivity contribution in [2.24, 2.45) is 0 Å². The minimum absolute atomic E-state index is 0.502. The highest BCUT2D eigenvalue weighted by molar-refractivity contribution is 5.52. The maximum Gasteiger partial charge on any atom is 0.125 e. The van der Waals surface area contributed by atoms with Crippen LogP contribution in [0, 0.1) is 0 Å². The van der Waals surface area contributed by atoms with E-state index < -0.39 is 5.60 Å². The van der Waals surface area contributed by atoms with Gasteiger partial charge in [-0.1, -0.05) is 0 Å². The Labute approximate surface area is 90.7 Å². The molecule has 0 amide bonds. The summed E-state index contributed by atoms with van der Waals surface area (Å²) < 4.78 is 0. The van der Waals surface area contributed by atoms with Crippen LogP contribution in [0.15, 0.2) is 18.3 Å². The average Bonchev–Trinajstić information content (AvgIpc) is 2.13. The fraction of sp³-hybridized carbons (Fsp3) is 0.545. The highest BCUT2D eigenvalue weighted by Gasteiger charge is 2.17. The van der Waals surface area contributed by atoms with Crippen molar-refractivity contribution in [1.82, 2.24) is 4.98 Å². The first-order valence-electron chi connectivity index (χ1n) is 5.11. The van der Waals surface area contributed by atoms with Crippen molar-refractivity contribution in [2.75, 3.05) is 23.7 Å². The van der Waals surface area contributed by atoms with E-state index in [0.29, 0.717) is 12.4 Å². The zero-order chi connectivity index (χ0) is 11.5. The molecule has 0 radical (unpaired) electrons. The fourth-order valence-electron chi connectivity index (χ4n) is 1.49. The summed E-state index contributed by atoms with van der Waals surface area (Å²) in [6, 6.07) is 3.71. The number of nitrogen functional groups attached to an aromatic ring is 1. The van der Waals surface area contributed by atoms with Crippen molar-refractivity contribution in [3.05, 3.63) is 18.3 Å². The lowest BCUT2D eigenvalue weighted by Gasteiger charge is -2.29. The summed E-state index contributed by atoms with van der Waals surface area (Å²) in [6.45, 7) is 7.03. The molecule has 0 unspecified atom stereocenters. The number of aromatic nitrogens is 1. The van der Waals surface area contributed by atoms with E-state index in [4.69, 9.17) is 5.73 Å². The summed E-state index contributed by atoms with van der Waals surface area (Å²) >= 11 is 0. The number of rotatable bonds is 4. The van der Waals surface area contributed by atoms with Crippen LogP contribution in [0.5, 0.6) is 0 Å². The maximum atomic E-state index is 9.76. The van der Waals surface area contributed by atoms with Crippen LogP contribution in [0.1, 0.15) is 20.8 Å². The van der Waals surface area contributed by atoms with Crippen LogP contribution in [0.2, 0.25) is 0 Å². The number of nitrogens with two attached hydrogens (primary N) is 1. The summed E-state index contributed by atoms with van der Waals surface area (Å²) in [6.07, 6.45) is 1.68. The standard InChI is InChI=1S/C11H19N3O/c1-4-14(8-11(2,3)15)9-5-6-13-10(12)7-9/h5-7,15H,4,8H2,1-3H3,(H2,12,13). The zero-order valence-electron chi connectivity index (χ0n) is 9.57. The molecule has 3 N–H and O–H groups in total. The van der Waals surface area contributed by atoms with E-state index in [2.05, 4.69) is 9.88 Å². The molecule has 0 aliphatic heterocycles. The smallest absolute Gasteiger partial charge is 0.125 e. The van der Waals surface area contributed by atoms with Crippen LogP contribution >= 0.6 is 0 Å². The second-order valence-electron chi connectivity index (χ2n) is 4.27. The number of hydrogen-bond donors (Lipinski definition) is 2. The number of likely N-dealkylation sites (N-methyl/N-ethyl adjacent to an activating group) is 1. The van der Waals surface area contributed by atoms with Crippen molar-refractivity contribution in [3.63, 3.8) is 0 Å². The number of anilines is 2. The van der Waals surface area contributed by atoms with Crippen LogP contribution < -0.4 is 10.6 Å². The first-order chi connectivity index (χ1) is 6.92.